The zero-order valence-electron chi connectivity index (χ0n) is 16.1. The van der Waals surface area contributed by atoms with Crippen LogP contribution in [0.1, 0.15) is 40.4 Å². The van der Waals surface area contributed by atoms with Crippen molar-refractivity contribution in [3.05, 3.63) is 58.7 Å². The molecular weight excluding hydrogens is 364 g/mol. The Kier molecular flexibility index (Phi) is 6.98. The number of amides is 1. The summed E-state index contributed by atoms with van der Waals surface area (Å²) in [5.41, 5.74) is 3.05. The summed E-state index contributed by atoms with van der Waals surface area (Å²) in [5.74, 6) is 0.497. The fraction of sp³-hybridized carbons (Fsp3) is 0.350. The second-order valence-corrected chi connectivity index (χ2v) is 8.19. The molecule has 0 saturated heterocycles. The predicted molar refractivity (Wildman–Crippen MR) is 106 cm³/mol. The average Bonchev–Trinajstić information content (AvgIpc) is 2.65. The Morgan fingerprint density at radius 3 is 2.44 bits per heavy atom. The molecule has 2 rings (SSSR count). The first kappa shape index (κ1) is 20.9. The molecule has 0 aliphatic rings. The first-order chi connectivity index (χ1) is 12.8. The van der Waals surface area contributed by atoms with E-state index in [1.807, 2.05) is 25.1 Å². The molecular formula is C20H26N2O4S. The number of sulfonamides is 1. The molecule has 6 nitrogen and oxygen atoms in total. The largest absolute Gasteiger partial charge is 0.494 e. The van der Waals surface area contributed by atoms with E-state index in [-0.39, 0.29) is 10.8 Å². The van der Waals surface area contributed by atoms with Gasteiger partial charge in [0.05, 0.1) is 11.5 Å². The Morgan fingerprint density at radius 2 is 1.81 bits per heavy atom. The monoisotopic (exact) mass is 390 g/mol. The molecule has 0 saturated carbocycles. The lowest BCUT2D eigenvalue weighted by molar-refractivity contribution is 0.0950. The molecule has 27 heavy (non-hydrogen) atoms. The lowest BCUT2D eigenvalue weighted by Crippen LogP contribution is -2.25. The van der Waals surface area contributed by atoms with E-state index in [2.05, 4.69) is 17.0 Å². The van der Waals surface area contributed by atoms with Gasteiger partial charge in [-0.3, -0.25) is 4.79 Å². The van der Waals surface area contributed by atoms with Gasteiger partial charge < -0.3 is 10.1 Å². The number of rotatable bonds is 8. The highest BCUT2D eigenvalue weighted by atomic mass is 32.2. The molecule has 0 fully saturated rings. The fourth-order valence-electron chi connectivity index (χ4n) is 2.58. The third-order valence-electron chi connectivity index (χ3n) is 4.26. The quantitative estimate of drug-likeness (QED) is 0.726. The first-order valence-electron chi connectivity index (χ1n) is 8.83. The summed E-state index contributed by atoms with van der Waals surface area (Å²) in [6.07, 6.45) is 0.943. The molecule has 0 aromatic heterocycles. The van der Waals surface area contributed by atoms with Crippen molar-refractivity contribution in [2.24, 2.45) is 0 Å². The van der Waals surface area contributed by atoms with Crippen LogP contribution in [0.4, 0.5) is 0 Å². The average molecular weight is 391 g/mol. The van der Waals surface area contributed by atoms with Crippen molar-refractivity contribution in [1.29, 1.82) is 0 Å². The Balaban J connectivity index is 2.13. The molecule has 0 bridgehead atoms. The normalized spacial score (nSPS) is 11.3. The fourth-order valence-corrected chi connectivity index (χ4v) is 3.33. The number of aryl methyl sites for hydroxylation is 2. The van der Waals surface area contributed by atoms with Crippen molar-refractivity contribution < 1.29 is 17.9 Å². The number of carbonyl (C=O) groups excluding carboxylic acids is 1. The number of nitrogens with one attached hydrogen (secondary N) is 2. The van der Waals surface area contributed by atoms with Crippen LogP contribution >= 0.6 is 0 Å². The molecule has 0 heterocycles. The van der Waals surface area contributed by atoms with Crippen LogP contribution in [0.2, 0.25) is 0 Å². The van der Waals surface area contributed by atoms with Gasteiger partial charge in [-0.2, -0.15) is 0 Å². The number of benzene rings is 2. The Labute approximate surface area is 161 Å². The molecule has 0 radical (unpaired) electrons. The van der Waals surface area contributed by atoms with Crippen molar-refractivity contribution in [3.8, 4) is 5.75 Å². The third-order valence-corrected chi connectivity index (χ3v) is 5.67. The lowest BCUT2D eigenvalue weighted by Gasteiger charge is -2.12. The van der Waals surface area contributed by atoms with Crippen molar-refractivity contribution in [1.82, 2.24) is 10.0 Å². The van der Waals surface area contributed by atoms with Crippen LogP contribution in [0.15, 0.2) is 41.3 Å². The maximum Gasteiger partial charge on any atom is 0.251 e. The molecule has 2 aromatic rings. The summed E-state index contributed by atoms with van der Waals surface area (Å²) in [6.45, 7) is 6.80. The van der Waals surface area contributed by atoms with Crippen LogP contribution < -0.4 is 14.8 Å². The van der Waals surface area contributed by atoms with Gasteiger partial charge in [0.15, 0.2) is 0 Å². The Hall–Kier alpha value is -2.38. The molecule has 0 atom stereocenters. The molecule has 0 aliphatic carbocycles. The van der Waals surface area contributed by atoms with Gasteiger partial charge in [0.25, 0.3) is 5.91 Å². The zero-order chi connectivity index (χ0) is 20.0. The second kappa shape index (κ2) is 9.01. The molecule has 0 unspecified atom stereocenters. The number of carbonyl (C=O) groups is 1. The molecule has 0 aliphatic heterocycles. The lowest BCUT2D eigenvalue weighted by atomic mass is 10.1. The van der Waals surface area contributed by atoms with Gasteiger partial charge in [-0.05, 0) is 68.3 Å². The van der Waals surface area contributed by atoms with E-state index >= 15 is 0 Å². The van der Waals surface area contributed by atoms with Gasteiger partial charge >= 0.3 is 0 Å². The van der Waals surface area contributed by atoms with E-state index in [0.717, 1.165) is 23.3 Å². The summed E-state index contributed by atoms with van der Waals surface area (Å²) < 4.78 is 31.8. The molecule has 0 spiro atoms. The van der Waals surface area contributed by atoms with E-state index in [9.17, 15) is 13.2 Å². The molecule has 146 valence electrons. The highest BCUT2D eigenvalue weighted by molar-refractivity contribution is 7.89. The van der Waals surface area contributed by atoms with E-state index < -0.39 is 10.0 Å². The highest BCUT2D eigenvalue weighted by Crippen LogP contribution is 2.19. The molecule has 2 aromatic carbocycles. The van der Waals surface area contributed by atoms with Gasteiger partial charge in [0.1, 0.15) is 5.75 Å². The summed E-state index contributed by atoms with van der Waals surface area (Å²) in [7, 11) is -2.26. The summed E-state index contributed by atoms with van der Waals surface area (Å²) in [4.78, 5) is 12.6. The van der Waals surface area contributed by atoms with Crippen LogP contribution in [0, 0.1) is 13.8 Å². The molecule has 7 heteroatoms. The van der Waals surface area contributed by atoms with Gasteiger partial charge in [-0.25, -0.2) is 13.1 Å². The predicted octanol–water partition coefficient (Wildman–Crippen LogP) is 2.93. The number of hydrogen-bond donors (Lipinski definition) is 2. The Bertz CT molecular complexity index is 924. The number of hydrogen-bond acceptors (Lipinski definition) is 4. The first-order valence-corrected chi connectivity index (χ1v) is 10.3. The standard InChI is InChI=1S/C20H26N2O4S/c1-5-10-26-17-8-7-16(15(3)11-17)13-22-20(23)19-12-18(9-6-14(19)2)27(24,25)21-4/h6-9,11-12,21H,5,10,13H2,1-4H3,(H,22,23). The minimum Gasteiger partial charge on any atom is -0.494 e. The number of ether oxygens (including phenoxy) is 1. The van der Waals surface area contributed by atoms with Crippen LogP contribution in [-0.4, -0.2) is 28.0 Å². The third kappa shape index (κ3) is 5.30. The van der Waals surface area contributed by atoms with Crippen LogP contribution in [-0.2, 0) is 16.6 Å². The topological polar surface area (TPSA) is 84.5 Å². The van der Waals surface area contributed by atoms with Crippen molar-refractivity contribution in [2.45, 2.75) is 38.6 Å². The van der Waals surface area contributed by atoms with Crippen LogP contribution in [0.5, 0.6) is 5.75 Å². The van der Waals surface area contributed by atoms with Crippen molar-refractivity contribution >= 4 is 15.9 Å². The SMILES string of the molecule is CCCOc1ccc(CNC(=O)c2cc(S(=O)(=O)NC)ccc2C)c(C)c1. The molecule has 1 amide bonds. The second-order valence-electron chi connectivity index (χ2n) is 6.30. The van der Waals surface area contributed by atoms with Gasteiger partial charge in [-0.1, -0.05) is 19.1 Å². The maximum atomic E-state index is 12.6. The van der Waals surface area contributed by atoms with Gasteiger partial charge in [0.2, 0.25) is 10.0 Å². The van der Waals surface area contributed by atoms with Crippen molar-refractivity contribution in [3.63, 3.8) is 0 Å². The summed E-state index contributed by atoms with van der Waals surface area (Å²) in [6, 6.07) is 10.3. The minimum atomic E-state index is -3.60. The van der Waals surface area contributed by atoms with E-state index in [0.29, 0.717) is 24.3 Å². The van der Waals surface area contributed by atoms with Gasteiger partial charge in [-0.15, -0.1) is 0 Å². The van der Waals surface area contributed by atoms with Gasteiger partial charge in [0, 0.05) is 12.1 Å². The van der Waals surface area contributed by atoms with E-state index in [1.165, 1.54) is 19.2 Å². The van der Waals surface area contributed by atoms with Crippen molar-refractivity contribution in [2.75, 3.05) is 13.7 Å². The summed E-state index contributed by atoms with van der Waals surface area (Å²) >= 11 is 0. The zero-order valence-corrected chi connectivity index (χ0v) is 16.9. The highest BCUT2D eigenvalue weighted by Gasteiger charge is 2.16. The smallest absolute Gasteiger partial charge is 0.251 e. The van der Waals surface area contributed by atoms with Crippen LogP contribution in [0.3, 0.4) is 0 Å². The van der Waals surface area contributed by atoms with E-state index in [4.69, 9.17) is 4.74 Å². The van der Waals surface area contributed by atoms with E-state index in [1.54, 1.807) is 13.0 Å². The summed E-state index contributed by atoms with van der Waals surface area (Å²) in [5, 5.41) is 2.86. The Morgan fingerprint density at radius 1 is 1.07 bits per heavy atom. The van der Waals surface area contributed by atoms with Crippen LogP contribution in [0.25, 0.3) is 0 Å². The molecule has 2 N–H and O–H groups in total. The maximum absolute atomic E-state index is 12.6. The minimum absolute atomic E-state index is 0.0642.